The van der Waals surface area contributed by atoms with Crippen LogP contribution in [0.25, 0.3) is 11.2 Å². The molecule has 0 spiro atoms. The highest BCUT2D eigenvalue weighted by molar-refractivity contribution is 6.29. The Morgan fingerprint density at radius 3 is 2.77 bits per heavy atom. The van der Waals surface area contributed by atoms with Gasteiger partial charge in [-0.2, -0.15) is 0 Å². The van der Waals surface area contributed by atoms with E-state index in [0.29, 0.717) is 35.7 Å². The summed E-state index contributed by atoms with van der Waals surface area (Å²) in [6.45, 7) is 9.14. The molecule has 0 aliphatic carbocycles. The number of fused-ring (bicyclic) bond motifs is 1. The molecule has 2 N–H and O–H groups in total. The monoisotopic (exact) mass is 377 g/mol. The predicted octanol–water partition coefficient (Wildman–Crippen LogP) is 3.55. The van der Waals surface area contributed by atoms with Crippen LogP contribution in [0.3, 0.4) is 0 Å². The molecule has 8 heteroatoms. The topological polar surface area (TPSA) is 94.2 Å². The van der Waals surface area contributed by atoms with Crippen LogP contribution >= 0.6 is 11.6 Å². The molecule has 0 bridgehead atoms. The van der Waals surface area contributed by atoms with Gasteiger partial charge >= 0.3 is 6.09 Å². The minimum absolute atomic E-state index is 0.0506. The average molecular weight is 378 g/mol. The molecule has 2 aromatic heterocycles. The molecule has 2 atom stereocenters. The fraction of sp³-hybridized carbons (Fsp3) is 0.556. The van der Waals surface area contributed by atoms with Crippen LogP contribution in [-0.2, 0) is 4.74 Å². The number of amides is 1. The summed E-state index contributed by atoms with van der Waals surface area (Å²) in [6, 6.07) is 3.93. The first-order chi connectivity index (χ1) is 12.1. The van der Waals surface area contributed by atoms with Gasteiger partial charge in [0, 0.05) is 25.4 Å². The number of pyridine rings is 1. The van der Waals surface area contributed by atoms with E-state index in [0.717, 1.165) is 5.82 Å². The first-order valence-corrected chi connectivity index (χ1v) is 9.00. The number of piperidine rings is 1. The van der Waals surface area contributed by atoms with E-state index in [1.165, 1.54) is 6.20 Å². The van der Waals surface area contributed by atoms with E-state index in [9.17, 15) is 4.79 Å². The highest BCUT2D eigenvalue weighted by Gasteiger charge is 2.44. The summed E-state index contributed by atoms with van der Waals surface area (Å²) in [7, 11) is 0. The van der Waals surface area contributed by atoms with Gasteiger partial charge in [0.05, 0.1) is 6.20 Å². The molecular formula is C18H24ClN5O2. The smallest absolute Gasteiger partial charge is 0.405 e. The van der Waals surface area contributed by atoms with Gasteiger partial charge in [0.25, 0.3) is 0 Å². The number of nitrogens with zero attached hydrogens (tertiary/aromatic N) is 4. The summed E-state index contributed by atoms with van der Waals surface area (Å²) in [5, 5.41) is 0.344. The lowest BCUT2D eigenvalue weighted by atomic mass is 9.75. The molecule has 2 unspecified atom stereocenters. The maximum atomic E-state index is 11.3. The number of aromatic nitrogens is 3. The van der Waals surface area contributed by atoms with E-state index in [-0.39, 0.29) is 11.5 Å². The van der Waals surface area contributed by atoms with Gasteiger partial charge in [0.2, 0.25) is 0 Å². The van der Waals surface area contributed by atoms with Crippen LogP contribution in [-0.4, -0.2) is 39.2 Å². The number of halogens is 1. The Labute approximate surface area is 157 Å². The van der Waals surface area contributed by atoms with Crippen molar-refractivity contribution in [1.82, 2.24) is 15.0 Å². The van der Waals surface area contributed by atoms with Crippen LogP contribution in [0.2, 0.25) is 5.15 Å². The van der Waals surface area contributed by atoms with Gasteiger partial charge in [-0.25, -0.2) is 19.7 Å². The lowest BCUT2D eigenvalue weighted by Gasteiger charge is -2.49. The molecule has 0 aromatic carbocycles. The molecule has 1 aliphatic rings. The second-order valence-corrected chi connectivity index (χ2v) is 8.49. The second kappa shape index (κ2) is 6.54. The molecule has 1 saturated heterocycles. The third-order valence-corrected chi connectivity index (χ3v) is 5.07. The molecular weight excluding hydrogens is 354 g/mol. The van der Waals surface area contributed by atoms with Crippen LogP contribution < -0.4 is 10.6 Å². The minimum Gasteiger partial charge on any atom is -0.443 e. The zero-order valence-electron chi connectivity index (χ0n) is 15.5. The van der Waals surface area contributed by atoms with E-state index in [4.69, 9.17) is 22.1 Å². The third kappa shape index (κ3) is 3.82. The van der Waals surface area contributed by atoms with Gasteiger partial charge in [-0.05, 0) is 24.5 Å². The van der Waals surface area contributed by atoms with Crippen molar-refractivity contribution in [2.75, 3.05) is 11.4 Å². The van der Waals surface area contributed by atoms with E-state index in [2.05, 4.69) is 40.6 Å². The lowest BCUT2D eigenvalue weighted by molar-refractivity contribution is -0.00947. The van der Waals surface area contributed by atoms with Crippen LogP contribution in [0.5, 0.6) is 0 Å². The first kappa shape index (κ1) is 18.6. The van der Waals surface area contributed by atoms with Gasteiger partial charge in [-0.15, -0.1) is 0 Å². The molecule has 3 rings (SSSR count). The van der Waals surface area contributed by atoms with Crippen molar-refractivity contribution in [3.05, 3.63) is 23.5 Å². The number of ether oxygens (including phenoxy) is 1. The van der Waals surface area contributed by atoms with E-state index in [1.54, 1.807) is 0 Å². The van der Waals surface area contributed by atoms with Crippen LogP contribution in [0, 0.1) is 5.41 Å². The zero-order chi connectivity index (χ0) is 19.1. The minimum atomic E-state index is -0.732. The number of hydrogen-bond acceptors (Lipinski definition) is 6. The summed E-state index contributed by atoms with van der Waals surface area (Å²) in [4.78, 5) is 26.7. The van der Waals surface area contributed by atoms with Gasteiger partial charge < -0.3 is 15.4 Å². The second-order valence-electron chi connectivity index (χ2n) is 8.11. The highest BCUT2D eigenvalue weighted by atomic mass is 35.5. The van der Waals surface area contributed by atoms with E-state index < -0.39 is 11.7 Å². The highest BCUT2D eigenvalue weighted by Crippen LogP contribution is 2.40. The zero-order valence-corrected chi connectivity index (χ0v) is 16.2. The molecule has 0 radical (unpaired) electrons. The van der Waals surface area contributed by atoms with Crippen molar-refractivity contribution >= 4 is 34.7 Å². The number of carbonyl (C=O) groups excluding carboxylic acids is 1. The maximum Gasteiger partial charge on any atom is 0.405 e. The molecule has 2 aromatic rings. The molecule has 3 heterocycles. The summed E-state index contributed by atoms with van der Waals surface area (Å²) < 4.78 is 5.43. The largest absolute Gasteiger partial charge is 0.443 e. The van der Waals surface area contributed by atoms with Crippen LogP contribution in [0.15, 0.2) is 18.3 Å². The van der Waals surface area contributed by atoms with Crippen molar-refractivity contribution in [2.45, 2.75) is 52.2 Å². The van der Waals surface area contributed by atoms with Gasteiger partial charge in [-0.1, -0.05) is 32.4 Å². The molecule has 1 amide bonds. The Morgan fingerprint density at radius 1 is 1.38 bits per heavy atom. The quantitative estimate of drug-likeness (QED) is 0.860. The Morgan fingerprint density at radius 2 is 2.12 bits per heavy atom. The molecule has 1 aliphatic heterocycles. The fourth-order valence-corrected chi connectivity index (χ4v) is 3.69. The van der Waals surface area contributed by atoms with Crippen molar-refractivity contribution in [2.24, 2.45) is 11.1 Å². The Kier molecular flexibility index (Phi) is 4.69. The number of nitrogens with two attached hydrogens (primary N) is 1. The van der Waals surface area contributed by atoms with Crippen molar-refractivity contribution in [3.8, 4) is 0 Å². The Balaban J connectivity index is 1.95. The van der Waals surface area contributed by atoms with Crippen molar-refractivity contribution in [1.29, 1.82) is 0 Å². The number of rotatable bonds is 2. The molecule has 26 heavy (non-hydrogen) atoms. The van der Waals surface area contributed by atoms with E-state index in [1.807, 2.05) is 19.1 Å². The number of primary amides is 1. The SMILES string of the molecule is CC1(OC(N)=O)CCN(c2ccc3nc(Cl)cnc3n2)C(C(C)(C)C)C1. The van der Waals surface area contributed by atoms with Crippen LogP contribution in [0.4, 0.5) is 10.6 Å². The van der Waals surface area contributed by atoms with Gasteiger partial charge in [-0.3, -0.25) is 0 Å². The number of carbonyl (C=O) groups is 1. The fourth-order valence-electron chi connectivity index (χ4n) is 3.55. The summed E-state index contributed by atoms with van der Waals surface area (Å²) >= 11 is 5.90. The van der Waals surface area contributed by atoms with E-state index >= 15 is 0 Å². The van der Waals surface area contributed by atoms with Gasteiger partial charge in [0.15, 0.2) is 5.65 Å². The molecule has 7 nitrogen and oxygen atoms in total. The first-order valence-electron chi connectivity index (χ1n) is 8.62. The maximum absolute atomic E-state index is 11.3. The van der Waals surface area contributed by atoms with Gasteiger partial charge in [0.1, 0.15) is 22.1 Å². The average Bonchev–Trinajstić information content (AvgIpc) is 2.52. The van der Waals surface area contributed by atoms with Crippen LogP contribution in [0.1, 0.15) is 40.5 Å². The van der Waals surface area contributed by atoms with Crippen molar-refractivity contribution < 1.29 is 9.53 Å². The lowest BCUT2D eigenvalue weighted by Crippen LogP contribution is -2.56. The number of anilines is 1. The normalized spacial score (nSPS) is 23.9. The van der Waals surface area contributed by atoms with Crippen molar-refractivity contribution in [3.63, 3.8) is 0 Å². The third-order valence-electron chi connectivity index (χ3n) is 4.88. The Bertz CT molecular complexity index is 838. The summed E-state index contributed by atoms with van der Waals surface area (Å²) in [6.07, 6.45) is 2.11. The summed E-state index contributed by atoms with van der Waals surface area (Å²) in [5.41, 5.74) is 5.86. The molecule has 1 fully saturated rings. The number of hydrogen-bond donors (Lipinski definition) is 1. The predicted molar refractivity (Wildman–Crippen MR) is 101 cm³/mol. The standard InChI is InChI=1S/C18H24ClN5O2/c1-17(2,3)12-9-18(4,26-16(20)25)7-8-24(12)14-6-5-11-15(23-14)21-10-13(19)22-11/h5-6,10,12H,7-9H2,1-4H3,(H2,20,25). The molecule has 0 saturated carbocycles. The Hall–Kier alpha value is -2.15. The summed E-state index contributed by atoms with van der Waals surface area (Å²) in [5.74, 6) is 0.829. The molecule has 140 valence electrons.